The normalized spacial score (nSPS) is 17.0. The molecule has 1 aliphatic rings. The molecule has 1 atom stereocenters. The molecule has 2 N–H and O–H groups in total. The number of carbonyl (C=O) groups is 1. The smallest absolute Gasteiger partial charge is 0.416 e. The predicted molar refractivity (Wildman–Crippen MR) is 77.9 cm³/mol. The molecule has 0 spiro atoms. The van der Waals surface area contributed by atoms with Crippen LogP contribution in [0.2, 0.25) is 0 Å². The number of halogens is 3. The number of rotatable bonds is 6. The molecular weight excluding hydrogens is 311 g/mol. The first-order chi connectivity index (χ1) is 10.9. The SMILES string of the molecule is O=C(COc1cccc(C(F)(F)F)c1)NCC(O)C1CCCC1. The summed E-state index contributed by atoms with van der Waals surface area (Å²) in [7, 11) is 0. The van der Waals surface area contributed by atoms with E-state index in [1.807, 2.05) is 0 Å². The van der Waals surface area contributed by atoms with Gasteiger partial charge in [-0.25, -0.2) is 0 Å². The van der Waals surface area contributed by atoms with Crippen LogP contribution in [0.25, 0.3) is 0 Å². The van der Waals surface area contributed by atoms with Crippen molar-refractivity contribution in [3.8, 4) is 5.75 Å². The lowest BCUT2D eigenvalue weighted by Gasteiger charge is -2.18. The molecule has 0 aliphatic heterocycles. The molecule has 4 nitrogen and oxygen atoms in total. The van der Waals surface area contributed by atoms with E-state index in [1.165, 1.54) is 12.1 Å². The summed E-state index contributed by atoms with van der Waals surface area (Å²) in [5.41, 5.74) is -0.827. The van der Waals surface area contributed by atoms with Gasteiger partial charge in [0.05, 0.1) is 11.7 Å². The van der Waals surface area contributed by atoms with E-state index in [-0.39, 0.29) is 18.2 Å². The zero-order valence-corrected chi connectivity index (χ0v) is 12.6. The molecule has 1 saturated carbocycles. The molecule has 128 valence electrons. The van der Waals surface area contributed by atoms with E-state index in [1.54, 1.807) is 0 Å². The highest BCUT2D eigenvalue weighted by atomic mass is 19.4. The molecule has 1 fully saturated rings. The van der Waals surface area contributed by atoms with Crippen LogP contribution in [-0.2, 0) is 11.0 Å². The number of benzene rings is 1. The van der Waals surface area contributed by atoms with Crippen LogP contribution in [0.5, 0.6) is 5.75 Å². The first kappa shape index (κ1) is 17.6. The van der Waals surface area contributed by atoms with Crippen LogP contribution in [0.4, 0.5) is 13.2 Å². The van der Waals surface area contributed by atoms with Crippen molar-refractivity contribution in [2.45, 2.75) is 38.0 Å². The summed E-state index contributed by atoms with van der Waals surface area (Å²) in [6, 6.07) is 4.36. The fraction of sp³-hybridized carbons (Fsp3) is 0.562. The minimum Gasteiger partial charge on any atom is -0.484 e. The fourth-order valence-corrected chi connectivity index (χ4v) is 2.69. The van der Waals surface area contributed by atoms with Crippen molar-refractivity contribution in [2.75, 3.05) is 13.2 Å². The second kappa shape index (κ2) is 7.68. The Morgan fingerprint density at radius 2 is 2.04 bits per heavy atom. The van der Waals surface area contributed by atoms with E-state index in [2.05, 4.69) is 5.32 Å². The van der Waals surface area contributed by atoms with Crippen LogP contribution in [0.1, 0.15) is 31.2 Å². The number of amides is 1. The summed E-state index contributed by atoms with van der Waals surface area (Å²) in [6.07, 6.45) is -0.944. The number of aliphatic hydroxyl groups is 1. The number of aliphatic hydroxyl groups excluding tert-OH is 1. The molecule has 7 heteroatoms. The Morgan fingerprint density at radius 3 is 2.70 bits per heavy atom. The average Bonchev–Trinajstić information content (AvgIpc) is 3.04. The van der Waals surface area contributed by atoms with Gasteiger partial charge >= 0.3 is 6.18 Å². The maximum absolute atomic E-state index is 12.6. The van der Waals surface area contributed by atoms with Gasteiger partial charge in [-0.3, -0.25) is 4.79 Å². The number of nitrogens with one attached hydrogen (secondary N) is 1. The summed E-state index contributed by atoms with van der Waals surface area (Å²) in [5, 5.41) is 12.5. The molecule has 0 saturated heterocycles. The Balaban J connectivity index is 1.76. The van der Waals surface area contributed by atoms with Crippen molar-refractivity contribution in [1.29, 1.82) is 0 Å². The summed E-state index contributed by atoms with van der Waals surface area (Å²) >= 11 is 0. The lowest BCUT2D eigenvalue weighted by molar-refractivity contribution is -0.137. The van der Waals surface area contributed by atoms with Gasteiger partial charge in [0.2, 0.25) is 0 Å². The topological polar surface area (TPSA) is 58.6 Å². The van der Waals surface area contributed by atoms with Gasteiger partial charge in [-0.1, -0.05) is 18.9 Å². The zero-order valence-electron chi connectivity index (χ0n) is 12.6. The van der Waals surface area contributed by atoms with Gasteiger partial charge in [0.15, 0.2) is 6.61 Å². The highest BCUT2D eigenvalue weighted by molar-refractivity contribution is 5.77. The maximum Gasteiger partial charge on any atom is 0.416 e. The van der Waals surface area contributed by atoms with E-state index >= 15 is 0 Å². The second-order valence-electron chi connectivity index (χ2n) is 5.73. The zero-order chi connectivity index (χ0) is 16.9. The van der Waals surface area contributed by atoms with Crippen molar-refractivity contribution < 1.29 is 27.8 Å². The average molecular weight is 331 g/mol. The van der Waals surface area contributed by atoms with Crippen LogP contribution in [0.15, 0.2) is 24.3 Å². The fourth-order valence-electron chi connectivity index (χ4n) is 2.69. The standard InChI is InChI=1S/C16H20F3NO3/c17-16(18,19)12-6-3-7-13(8-12)23-10-15(22)20-9-14(21)11-4-1-2-5-11/h3,6-8,11,14,21H,1-2,4-5,9-10H2,(H,20,22). The van der Waals surface area contributed by atoms with Gasteiger partial charge < -0.3 is 15.2 Å². The van der Waals surface area contributed by atoms with Crippen LogP contribution in [0, 0.1) is 5.92 Å². The van der Waals surface area contributed by atoms with Crippen molar-refractivity contribution in [1.82, 2.24) is 5.32 Å². The van der Waals surface area contributed by atoms with Gasteiger partial charge in [-0.2, -0.15) is 13.2 Å². The molecule has 1 aromatic carbocycles. The predicted octanol–water partition coefficient (Wildman–Crippen LogP) is 2.75. The molecule has 0 bridgehead atoms. The van der Waals surface area contributed by atoms with Gasteiger partial charge in [0.25, 0.3) is 5.91 Å². The largest absolute Gasteiger partial charge is 0.484 e. The Kier molecular flexibility index (Phi) is 5.87. The lowest BCUT2D eigenvalue weighted by atomic mass is 10.0. The number of alkyl halides is 3. The quantitative estimate of drug-likeness (QED) is 0.843. The first-order valence-corrected chi connectivity index (χ1v) is 7.61. The van der Waals surface area contributed by atoms with Gasteiger partial charge in [0, 0.05) is 6.54 Å². The third kappa shape index (κ3) is 5.42. The molecule has 0 heterocycles. The first-order valence-electron chi connectivity index (χ1n) is 7.61. The summed E-state index contributed by atoms with van der Waals surface area (Å²) in [4.78, 5) is 11.6. The van der Waals surface area contributed by atoms with Crippen molar-refractivity contribution in [2.24, 2.45) is 5.92 Å². The molecule has 0 radical (unpaired) electrons. The van der Waals surface area contributed by atoms with Gasteiger partial charge in [0.1, 0.15) is 5.75 Å². The van der Waals surface area contributed by atoms with E-state index in [0.717, 1.165) is 37.8 Å². The molecule has 0 aromatic heterocycles. The van der Waals surface area contributed by atoms with Crippen LogP contribution in [-0.4, -0.2) is 30.3 Å². The molecule has 1 amide bonds. The van der Waals surface area contributed by atoms with Crippen molar-refractivity contribution in [3.05, 3.63) is 29.8 Å². The second-order valence-corrected chi connectivity index (χ2v) is 5.73. The summed E-state index contributed by atoms with van der Waals surface area (Å²) in [5.74, 6) is -0.287. The molecule has 1 aliphatic carbocycles. The minimum absolute atomic E-state index is 0.0219. The monoisotopic (exact) mass is 331 g/mol. The number of hydrogen-bond donors (Lipinski definition) is 2. The van der Waals surface area contributed by atoms with E-state index in [9.17, 15) is 23.1 Å². The van der Waals surface area contributed by atoms with Crippen LogP contribution >= 0.6 is 0 Å². The van der Waals surface area contributed by atoms with Gasteiger partial charge in [-0.05, 0) is 37.0 Å². The van der Waals surface area contributed by atoms with Crippen LogP contribution < -0.4 is 10.1 Å². The Morgan fingerprint density at radius 1 is 1.35 bits per heavy atom. The van der Waals surface area contributed by atoms with Crippen LogP contribution in [0.3, 0.4) is 0 Å². The highest BCUT2D eigenvalue weighted by Crippen LogP contribution is 2.31. The maximum atomic E-state index is 12.6. The minimum atomic E-state index is -4.45. The third-order valence-electron chi connectivity index (χ3n) is 3.98. The van der Waals surface area contributed by atoms with E-state index in [0.29, 0.717) is 0 Å². The van der Waals surface area contributed by atoms with E-state index in [4.69, 9.17) is 4.74 Å². The Labute approximate surface area is 132 Å². The molecule has 23 heavy (non-hydrogen) atoms. The third-order valence-corrected chi connectivity index (χ3v) is 3.98. The Hall–Kier alpha value is -1.76. The summed E-state index contributed by atoms with van der Waals surface area (Å²) in [6.45, 7) is -0.256. The van der Waals surface area contributed by atoms with Crippen molar-refractivity contribution >= 4 is 5.91 Å². The number of carbonyl (C=O) groups excluding carboxylic acids is 1. The molecule has 1 aromatic rings. The Bertz CT molecular complexity index is 528. The number of ether oxygens (including phenoxy) is 1. The molecule has 1 unspecified atom stereocenters. The highest BCUT2D eigenvalue weighted by Gasteiger charge is 2.30. The lowest BCUT2D eigenvalue weighted by Crippen LogP contribution is -2.37. The van der Waals surface area contributed by atoms with Gasteiger partial charge in [-0.15, -0.1) is 0 Å². The summed E-state index contributed by atoms with van der Waals surface area (Å²) < 4.78 is 42.8. The number of hydrogen-bond acceptors (Lipinski definition) is 3. The van der Waals surface area contributed by atoms with E-state index < -0.39 is 30.4 Å². The molecular formula is C16H20F3NO3. The molecule has 2 rings (SSSR count). The van der Waals surface area contributed by atoms with Crippen molar-refractivity contribution in [3.63, 3.8) is 0 Å².